The van der Waals surface area contributed by atoms with E-state index < -0.39 is 0 Å². The molecule has 23 heavy (non-hydrogen) atoms. The molecule has 1 aliphatic heterocycles. The van der Waals surface area contributed by atoms with E-state index in [9.17, 15) is 0 Å². The molecule has 0 unspecified atom stereocenters. The van der Waals surface area contributed by atoms with Crippen molar-refractivity contribution in [3.8, 4) is 10.6 Å². The van der Waals surface area contributed by atoms with Crippen LogP contribution in [-0.2, 0) is 6.54 Å². The number of aromatic nitrogens is 3. The van der Waals surface area contributed by atoms with Gasteiger partial charge in [-0.25, -0.2) is 9.97 Å². The lowest BCUT2D eigenvalue weighted by molar-refractivity contribution is 0.609. The summed E-state index contributed by atoms with van der Waals surface area (Å²) in [7, 11) is 0. The van der Waals surface area contributed by atoms with Crippen LogP contribution in [0.1, 0.15) is 12.1 Å². The van der Waals surface area contributed by atoms with Crippen molar-refractivity contribution in [3.05, 3.63) is 53.7 Å². The lowest BCUT2D eigenvalue weighted by Gasteiger charge is -2.31. The average molecular weight is 323 g/mol. The summed E-state index contributed by atoms with van der Waals surface area (Å²) in [6.07, 6.45) is 3.05. The second-order valence-corrected chi connectivity index (χ2v) is 6.30. The van der Waals surface area contributed by atoms with Crippen LogP contribution < -0.4 is 10.2 Å². The fraction of sp³-hybridized carbons (Fsp3) is 0.235. The zero-order valence-corrected chi connectivity index (χ0v) is 13.5. The van der Waals surface area contributed by atoms with Gasteiger partial charge in [0.2, 0.25) is 5.95 Å². The maximum absolute atomic E-state index is 4.67. The molecular weight excluding hydrogens is 306 g/mol. The highest BCUT2D eigenvalue weighted by molar-refractivity contribution is 7.13. The Kier molecular flexibility index (Phi) is 3.90. The number of nitrogens with one attached hydrogen (secondary N) is 1. The van der Waals surface area contributed by atoms with Crippen molar-refractivity contribution in [2.45, 2.75) is 13.0 Å². The van der Waals surface area contributed by atoms with E-state index in [2.05, 4.69) is 42.7 Å². The summed E-state index contributed by atoms with van der Waals surface area (Å²) in [6, 6.07) is 12.2. The van der Waals surface area contributed by atoms with Gasteiger partial charge in [-0.05, 0) is 12.5 Å². The quantitative estimate of drug-likeness (QED) is 0.779. The smallest absolute Gasteiger partial charge is 0.224 e. The summed E-state index contributed by atoms with van der Waals surface area (Å²) in [5.41, 5.74) is 2.16. The average Bonchev–Trinajstić information content (AvgIpc) is 3.02. The maximum Gasteiger partial charge on any atom is 0.224 e. The fourth-order valence-corrected chi connectivity index (χ4v) is 3.25. The Bertz CT molecular complexity index is 782. The molecule has 0 bridgehead atoms. The van der Waals surface area contributed by atoms with E-state index >= 15 is 0 Å². The van der Waals surface area contributed by atoms with E-state index in [4.69, 9.17) is 0 Å². The lowest BCUT2D eigenvalue weighted by Crippen LogP contribution is -2.37. The molecule has 0 saturated carbocycles. The number of rotatable bonds is 5. The molecule has 2 aromatic heterocycles. The van der Waals surface area contributed by atoms with Gasteiger partial charge in [0.25, 0.3) is 0 Å². The second kappa shape index (κ2) is 6.34. The van der Waals surface area contributed by atoms with Crippen LogP contribution in [-0.4, -0.2) is 28.0 Å². The van der Waals surface area contributed by atoms with Crippen LogP contribution in [0.25, 0.3) is 10.6 Å². The van der Waals surface area contributed by atoms with Gasteiger partial charge in [-0.1, -0.05) is 30.3 Å². The van der Waals surface area contributed by atoms with Gasteiger partial charge in [0.05, 0.1) is 12.2 Å². The Labute approximate surface area is 139 Å². The van der Waals surface area contributed by atoms with Crippen LogP contribution in [0.2, 0.25) is 0 Å². The van der Waals surface area contributed by atoms with E-state index in [-0.39, 0.29) is 0 Å². The summed E-state index contributed by atoms with van der Waals surface area (Å²) < 4.78 is 0. The first-order chi connectivity index (χ1) is 11.4. The molecule has 1 saturated heterocycles. The third-order valence-electron chi connectivity index (χ3n) is 3.82. The van der Waals surface area contributed by atoms with Gasteiger partial charge in [0.15, 0.2) is 0 Å². The molecule has 0 radical (unpaired) electrons. The van der Waals surface area contributed by atoms with Crippen LogP contribution in [0.3, 0.4) is 0 Å². The van der Waals surface area contributed by atoms with Gasteiger partial charge in [0.1, 0.15) is 10.8 Å². The molecule has 0 amide bonds. The van der Waals surface area contributed by atoms with Crippen LogP contribution >= 0.6 is 11.3 Å². The molecule has 1 aliphatic rings. The molecule has 6 heteroatoms. The van der Waals surface area contributed by atoms with Crippen molar-refractivity contribution in [3.63, 3.8) is 0 Å². The zero-order chi connectivity index (χ0) is 15.5. The van der Waals surface area contributed by atoms with Crippen molar-refractivity contribution in [2.75, 3.05) is 23.3 Å². The molecule has 1 N–H and O–H groups in total. The molecule has 0 aliphatic carbocycles. The monoisotopic (exact) mass is 323 g/mol. The van der Waals surface area contributed by atoms with Crippen LogP contribution in [0, 0.1) is 0 Å². The SMILES string of the molecule is c1ccc(-c2nc(CNc3nccc(N4CCC4)n3)cs2)cc1. The van der Waals surface area contributed by atoms with Crippen molar-refractivity contribution in [1.82, 2.24) is 15.0 Å². The molecule has 1 aromatic carbocycles. The number of benzene rings is 1. The predicted molar refractivity (Wildman–Crippen MR) is 93.7 cm³/mol. The summed E-state index contributed by atoms with van der Waals surface area (Å²) in [6.45, 7) is 2.80. The number of nitrogens with zero attached hydrogens (tertiary/aromatic N) is 4. The van der Waals surface area contributed by atoms with Gasteiger partial charge in [-0.2, -0.15) is 4.98 Å². The molecule has 116 valence electrons. The Hall–Kier alpha value is -2.47. The highest BCUT2D eigenvalue weighted by atomic mass is 32.1. The van der Waals surface area contributed by atoms with Crippen LogP contribution in [0.4, 0.5) is 11.8 Å². The molecule has 1 fully saturated rings. The molecule has 4 rings (SSSR count). The lowest BCUT2D eigenvalue weighted by atomic mass is 10.2. The summed E-state index contributed by atoms with van der Waals surface area (Å²) in [5, 5.41) is 6.38. The maximum atomic E-state index is 4.67. The summed E-state index contributed by atoms with van der Waals surface area (Å²) >= 11 is 1.66. The predicted octanol–water partition coefficient (Wildman–Crippen LogP) is 3.42. The number of anilines is 2. The normalized spacial score (nSPS) is 13.7. The largest absolute Gasteiger partial charge is 0.356 e. The Morgan fingerprint density at radius 2 is 1.96 bits per heavy atom. The third-order valence-corrected chi connectivity index (χ3v) is 4.76. The Morgan fingerprint density at radius 1 is 1.09 bits per heavy atom. The first kappa shape index (κ1) is 14.1. The summed E-state index contributed by atoms with van der Waals surface area (Å²) in [5.74, 6) is 1.65. The van der Waals surface area contributed by atoms with E-state index in [0.29, 0.717) is 12.5 Å². The minimum absolute atomic E-state index is 0.632. The van der Waals surface area contributed by atoms with Gasteiger partial charge < -0.3 is 10.2 Å². The molecule has 0 atom stereocenters. The number of hydrogen-bond acceptors (Lipinski definition) is 6. The first-order valence-electron chi connectivity index (χ1n) is 7.70. The van der Waals surface area contributed by atoms with E-state index in [1.807, 2.05) is 24.3 Å². The third kappa shape index (κ3) is 3.17. The standard InChI is InChI=1S/C17H17N5S/c1-2-5-13(6-3-1)16-20-14(12-23-16)11-19-17-18-8-7-15(21-17)22-9-4-10-22/h1-3,5-8,12H,4,9-11H2,(H,18,19,21). The van der Waals surface area contributed by atoms with Gasteiger partial charge in [-0.15, -0.1) is 11.3 Å². The van der Waals surface area contributed by atoms with Gasteiger partial charge in [-0.3, -0.25) is 0 Å². The van der Waals surface area contributed by atoms with Gasteiger partial charge >= 0.3 is 0 Å². The summed E-state index contributed by atoms with van der Waals surface area (Å²) in [4.78, 5) is 15.8. The molecule has 5 nitrogen and oxygen atoms in total. The van der Waals surface area contributed by atoms with Crippen molar-refractivity contribution in [1.29, 1.82) is 0 Å². The van der Waals surface area contributed by atoms with Crippen molar-refractivity contribution in [2.24, 2.45) is 0 Å². The highest BCUT2D eigenvalue weighted by Gasteiger charge is 2.16. The molecule has 3 aromatic rings. The van der Waals surface area contributed by atoms with E-state index in [0.717, 1.165) is 35.2 Å². The van der Waals surface area contributed by atoms with E-state index in [1.165, 1.54) is 6.42 Å². The minimum Gasteiger partial charge on any atom is -0.356 e. The van der Waals surface area contributed by atoms with E-state index in [1.54, 1.807) is 17.5 Å². The zero-order valence-electron chi connectivity index (χ0n) is 12.6. The number of hydrogen-bond donors (Lipinski definition) is 1. The van der Waals surface area contributed by atoms with Crippen LogP contribution in [0.5, 0.6) is 0 Å². The topological polar surface area (TPSA) is 53.9 Å². The molecule has 0 spiro atoms. The minimum atomic E-state index is 0.632. The van der Waals surface area contributed by atoms with Crippen LogP contribution in [0.15, 0.2) is 48.0 Å². The highest BCUT2D eigenvalue weighted by Crippen LogP contribution is 2.23. The number of thiazole rings is 1. The Balaban J connectivity index is 1.42. The second-order valence-electron chi connectivity index (χ2n) is 5.44. The van der Waals surface area contributed by atoms with Crippen molar-refractivity contribution >= 4 is 23.1 Å². The fourth-order valence-electron chi connectivity index (χ4n) is 2.43. The molecular formula is C17H17N5S. The van der Waals surface area contributed by atoms with Crippen molar-refractivity contribution < 1.29 is 0 Å². The first-order valence-corrected chi connectivity index (χ1v) is 8.58. The molecule has 3 heterocycles. The van der Waals surface area contributed by atoms with Gasteiger partial charge in [0, 0.05) is 30.2 Å². The Morgan fingerprint density at radius 3 is 2.74 bits per heavy atom.